The van der Waals surface area contributed by atoms with Crippen LogP contribution >= 0.6 is 11.3 Å². The third-order valence-corrected chi connectivity index (χ3v) is 4.01. The normalized spacial score (nSPS) is 16.1. The zero-order valence-corrected chi connectivity index (χ0v) is 10.3. The number of hydrogen-bond donors (Lipinski definition) is 2. The number of aromatic nitrogens is 1. The van der Waals surface area contributed by atoms with Gasteiger partial charge in [0.05, 0.1) is 5.69 Å². The number of rotatable bonds is 3. The van der Waals surface area contributed by atoms with Crippen molar-refractivity contribution in [3.05, 3.63) is 10.6 Å². The van der Waals surface area contributed by atoms with Crippen molar-refractivity contribution >= 4 is 28.3 Å². The molecule has 0 aromatic carbocycles. The number of thiazole rings is 1. The molecule has 0 bridgehead atoms. The maximum absolute atomic E-state index is 11.8. The Hall–Kier alpha value is -1.43. The molecule has 1 fully saturated rings. The maximum atomic E-state index is 11.8. The Balaban J connectivity index is 2.05. The number of carbonyl (C=O) groups excluding carboxylic acids is 1. The zero-order chi connectivity index (χ0) is 12.4. The van der Waals surface area contributed by atoms with E-state index in [2.05, 4.69) is 10.3 Å². The van der Waals surface area contributed by atoms with Crippen molar-refractivity contribution < 1.29 is 14.7 Å². The summed E-state index contributed by atoms with van der Waals surface area (Å²) in [6.07, 6.45) is 4.02. The van der Waals surface area contributed by atoms with E-state index in [4.69, 9.17) is 5.11 Å². The van der Waals surface area contributed by atoms with Gasteiger partial charge in [0.2, 0.25) is 5.91 Å². The van der Waals surface area contributed by atoms with Gasteiger partial charge in [-0.15, -0.1) is 0 Å². The smallest absolute Gasteiger partial charge is 0.347 e. The first-order valence-electron chi connectivity index (χ1n) is 5.59. The molecule has 0 aliphatic heterocycles. The third kappa shape index (κ3) is 2.63. The molecule has 0 unspecified atom stereocenters. The Kier molecular flexibility index (Phi) is 3.42. The Morgan fingerprint density at radius 2 is 2.06 bits per heavy atom. The quantitative estimate of drug-likeness (QED) is 0.867. The van der Waals surface area contributed by atoms with Crippen molar-refractivity contribution in [2.24, 2.45) is 5.92 Å². The van der Waals surface area contributed by atoms with Crippen molar-refractivity contribution in [2.45, 2.75) is 32.6 Å². The summed E-state index contributed by atoms with van der Waals surface area (Å²) in [6.45, 7) is 1.63. The van der Waals surface area contributed by atoms with Crippen LogP contribution in [0.25, 0.3) is 0 Å². The molecule has 0 atom stereocenters. The second kappa shape index (κ2) is 4.83. The molecule has 17 heavy (non-hydrogen) atoms. The molecule has 5 nitrogen and oxygen atoms in total. The van der Waals surface area contributed by atoms with E-state index in [9.17, 15) is 9.59 Å². The summed E-state index contributed by atoms with van der Waals surface area (Å²) in [7, 11) is 0. The van der Waals surface area contributed by atoms with E-state index >= 15 is 0 Å². The number of amides is 1. The highest BCUT2D eigenvalue weighted by Crippen LogP contribution is 2.28. The van der Waals surface area contributed by atoms with Crippen molar-refractivity contribution in [3.8, 4) is 0 Å². The van der Waals surface area contributed by atoms with E-state index < -0.39 is 5.97 Å². The summed E-state index contributed by atoms with van der Waals surface area (Å²) in [5, 5.41) is 12.0. The van der Waals surface area contributed by atoms with Gasteiger partial charge in [0.25, 0.3) is 0 Å². The van der Waals surface area contributed by atoms with E-state index in [0.29, 0.717) is 10.8 Å². The number of carbonyl (C=O) groups is 2. The van der Waals surface area contributed by atoms with Crippen LogP contribution in [0.3, 0.4) is 0 Å². The highest BCUT2D eigenvalue weighted by Gasteiger charge is 2.24. The molecule has 1 aromatic heterocycles. The summed E-state index contributed by atoms with van der Waals surface area (Å²) in [6, 6.07) is 0. The molecular weight excluding hydrogens is 240 g/mol. The van der Waals surface area contributed by atoms with Gasteiger partial charge in [0, 0.05) is 5.92 Å². The largest absolute Gasteiger partial charge is 0.477 e. The van der Waals surface area contributed by atoms with Crippen LogP contribution in [0.1, 0.15) is 41.0 Å². The fraction of sp³-hybridized carbons (Fsp3) is 0.545. The van der Waals surface area contributed by atoms with Gasteiger partial charge in [-0.25, -0.2) is 9.78 Å². The van der Waals surface area contributed by atoms with E-state index in [-0.39, 0.29) is 16.7 Å². The van der Waals surface area contributed by atoms with E-state index in [1.54, 1.807) is 6.92 Å². The van der Waals surface area contributed by atoms with Crippen molar-refractivity contribution in [3.63, 3.8) is 0 Å². The number of aromatic carboxylic acids is 1. The van der Waals surface area contributed by atoms with Gasteiger partial charge in [-0.2, -0.15) is 0 Å². The van der Waals surface area contributed by atoms with Crippen LogP contribution in [0.4, 0.5) is 5.13 Å². The van der Waals surface area contributed by atoms with Crippen LogP contribution in [0.15, 0.2) is 0 Å². The predicted molar refractivity (Wildman–Crippen MR) is 64.4 cm³/mol. The lowest BCUT2D eigenvalue weighted by atomic mass is 10.1. The van der Waals surface area contributed by atoms with Gasteiger partial charge in [0.15, 0.2) is 5.13 Å². The summed E-state index contributed by atoms with van der Waals surface area (Å²) < 4.78 is 0. The molecule has 2 rings (SSSR count). The lowest BCUT2D eigenvalue weighted by Crippen LogP contribution is -2.20. The van der Waals surface area contributed by atoms with E-state index in [1.165, 1.54) is 0 Å². The minimum absolute atomic E-state index is 0.0341. The Labute approximate surface area is 103 Å². The number of carboxylic acids is 1. The maximum Gasteiger partial charge on any atom is 0.347 e. The highest BCUT2D eigenvalue weighted by atomic mass is 32.1. The van der Waals surface area contributed by atoms with Crippen molar-refractivity contribution in [2.75, 3.05) is 5.32 Å². The number of carboxylic acid groups (broad SMARTS) is 1. The molecule has 2 N–H and O–H groups in total. The van der Waals surface area contributed by atoms with Gasteiger partial charge in [-0.05, 0) is 19.8 Å². The van der Waals surface area contributed by atoms with Crippen LogP contribution < -0.4 is 5.32 Å². The monoisotopic (exact) mass is 254 g/mol. The summed E-state index contributed by atoms with van der Waals surface area (Å²) in [5.74, 6) is -0.970. The topological polar surface area (TPSA) is 79.3 Å². The molecule has 0 radical (unpaired) electrons. The zero-order valence-electron chi connectivity index (χ0n) is 9.52. The van der Waals surface area contributed by atoms with E-state index in [0.717, 1.165) is 37.0 Å². The molecule has 1 aliphatic rings. The van der Waals surface area contributed by atoms with Gasteiger partial charge in [-0.3, -0.25) is 4.79 Å². The molecule has 1 aromatic rings. The highest BCUT2D eigenvalue weighted by molar-refractivity contribution is 7.17. The van der Waals surface area contributed by atoms with Gasteiger partial charge >= 0.3 is 5.97 Å². The Morgan fingerprint density at radius 1 is 1.41 bits per heavy atom. The molecule has 1 aliphatic carbocycles. The van der Waals surface area contributed by atoms with Crippen LogP contribution in [-0.4, -0.2) is 22.0 Å². The van der Waals surface area contributed by atoms with E-state index in [1.807, 2.05) is 0 Å². The first-order valence-corrected chi connectivity index (χ1v) is 6.41. The summed E-state index contributed by atoms with van der Waals surface area (Å²) >= 11 is 1.01. The number of aryl methyl sites for hydroxylation is 1. The summed E-state index contributed by atoms with van der Waals surface area (Å²) in [5.41, 5.74) is 0.448. The lowest BCUT2D eigenvalue weighted by Gasteiger charge is -2.07. The standard InChI is InChI=1S/C11H14N2O3S/c1-6-8(10(15)16)17-11(12-6)13-9(14)7-4-2-3-5-7/h7H,2-5H2,1H3,(H,15,16)(H,12,13,14). The fourth-order valence-corrected chi connectivity index (χ4v) is 2.85. The SMILES string of the molecule is Cc1nc(NC(=O)C2CCCC2)sc1C(=O)O. The van der Waals surface area contributed by atoms with Crippen LogP contribution in [0, 0.1) is 12.8 Å². The first kappa shape index (κ1) is 12.0. The molecule has 1 heterocycles. The number of hydrogen-bond acceptors (Lipinski definition) is 4. The molecule has 0 spiro atoms. The minimum atomic E-state index is -0.999. The van der Waals surface area contributed by atoms with Crippen LogP contribution in [0.2, 0.25) is 0 Å². The minimum Gasteiger partial charge on any atom is -0.477 e. The molecule has 6 heteroatoms. The Morgan fingerprint density at radius 3 is 2.59 bits per heavy atom. The molecular formula is C11H14N2O3S. The third-order valence-electron chi connectivity index (χ3n) is 2.95. The van der Waals surface area contributed by atoms with Crippen LogP contribution in [-0.2, 0) is 4.79 Å². The molecule has 1 saturated carbocycles. The van der Waals surface area contributed by atoms with Crippen molar-refractivity contribution in [1.29, 1.82) is 0 Å². The second-order valence-electron chi connectivity index (χ2n) is 4.21. The number of nitrogens with zero attached hydrogens (tertiary/aromatic N) is 1. The number of anilines is 1. The lowest BCUT2D eigenvalue weighted by molar-refractivity contribution is -0.119. The predicted octanol–water partition coefficient (Wildman–Crippen LogP) is 2.28. The van der Waals surface area contributed by atoms with Gasteiger partial charge < -0.3 is 10.4 Å². The molecule has 0 saturated heterocycles. The average molecular weight is 254 g/mol. The average Bonchev–Trinajstić information content (AvgIpc) is 2.86. The summed E-state index contributed by atoms with van der Waals surface area (Å²) in [4.78, 5) is 26.9. The van der Waals surface area contributed by atoms with Gasteiger partial charge in [0.1, 0.15) is 4.88 Å². The molecule has 1 amide bonds. The fourth-order valence-electron chi connectivity index (χ4n) is 2.04. The second-order valence-corrected chi connectivity index (χ2v) is 5.21. The van der Waals surface area contributed by atoms with Gasteiger partial charge in [-0.1, -0.05) is 24.2 Å². The Bertz CT molecular complexity index is 450. The number of nitrogens with one attached hydrogen (secondary N) is 1. The van der Waals surface area contributed by atoms with Crippen molar-refractivity contribution in [1.82, 2.24) is 4.98 Å². The first-order chi connectivity index (χ1) is 8.08. The molecule has 92 valence electrons. The van der Waals surface area contributed by atoms with Crippen LogP contribution in [0.5, 0.6) is 0 Å².